The molecule has 2 aromatic rings. The molecule has 0 spiro atoms. The SMILES string of the molecule is COc1ccc(N2CCN(C(=O)C3NNC4c5ccc(OC)cc5CCC34)CC2)cc1. The zero-order chi connectivity index (χ0) is 21.4. The van der Waals surface area contributed by atoms with Gasteiger partial charge in [-0.25, -0.2) is 10.9 Å². The van der Waals surface area contributed by atoms with Crippen molar-refractivity contribution in [1.29, 1.82) is 0 Å². The van der Waals surface area contributed by atoms with Crippen LogP contribution >= 0.6 is 0 Å². The van der Waals surface area contributed by atoms with Crippen molar-refractivity contribution in [2.75, 3.05) is 45.3 Å². The van der Waals surface area contributed by atoms with Crippen LogP contribution in [0.3, 0.4) is 0 Å². The third kappa shape index (κ3) is 3.72. The summed E-state index contributed by atoms with van der Waals surface area (Å²) in [5, 5.41) is 0. The van der Waals surface area contributed by atoms with E-state index in [0.29, 0.717) is 0 Å². The minimum Gasteiger partial charge on any atom is -0.497 e. The van der Waals surface area contributed by atoms with Gasteiger partial charge in [0.2, 0.25) is 5.91 Å². The molecular weight excluding hydrogens is 392 g/mol. The van der Waals surface area contributed by atoms with E-state index in [2.05, 4.69) is 40.0 Å². The summed E-state index contributed by atoms with van der Waals surface area (Å²) in [5.41, 5.74) is 10.5. The number of fused-ring (bicyclic) bond motifs is 3. The maximum absolute atomic E-state index is 13.4. The zero-order valence-corrected chi connectivity index (χ0v) is 18.1. The van der Waals surface area contributed by atoms with Gasteiger partial charge in [-0.3, -0.25) is 4.79 Å². The predicted molar refractivity (Wildman–Crippen MR) is 119 cm³/mol. The number of anilines is 1. The summed E-state index contributed by atoms with van der Waals surface area (Å²) in [4.78, 5) is 17.7. The number of hydrogen-bond donors (Lipinski definition) is 2. The molecule has 2 aromatic carbocycles. The number of piperazine rings is 1. The van der Waals surface area contributed by atoms with Crippen molar-refractivity contribution >= 4 is 11.6 Å². The Morgan fingerprint density at radius 2 is 1.65 bits per heavy atom. The first-order valence-corrected chi connectivity index (χ1v) is 11.0. The molecule has 2 N–H and O–H groups in total. The summed E-state index contributed by atoms with van der Waals surface area (Å²) in [7, 11) is 3.38. The Bertz CT molecular complexity index is 940. The maximum Gasteiger partial charge on any atom is 0.241 e. The molecule has 5 rings (SSSR count). The highest BCUT2D eigenvalue weighted by Gasteiger charge is 2.45. The predicted octanol–water partition coefficient (Wildman–Crippen LogP) is 2.13. The summed E-state index contributed by atoms with van der Waals surface area (Å²) in [6.45, 7) is 3.17. The largest absolute Gasteiger partial charge is 0.497 e. The minimum atomic E-state index is -0.173. The van der Waals surface area contributed by atoms with Crippen molar-refractivity contribution < 1.29 is 14.3 Å². The van der Waals surface area contributed by atoms with E-state index < -0.39 is 0 Å². The molecular formula is C24H30N4O3. The van der Waals surface area contributed by atoms with E-state index in [-0.39, 0.29) is 23.9 Å². The number of carbonyl (C=O) groups is 1. The molecule has 2 aliphatic heterocycles. The Kier molecular flexibility index (Phi) is 5.46. The molecule has 2 heterocycles. The van der Waals surface area contributed by atoms with Gasteiger partial charge in [0.25, 0.3) is 0 Å². The van der Waals surface area contributed by atoms with Gasteiger partial charge in [0, 0.05) is 37.8 Å². The minimum absolute atomic E-state index is 0.171. The molecule has 0 radical (unpaired) electrons. The van der Waals surface area contributed by atoms with Crippen LogP contribution in [0.2, 0.25) is 0 Å². The standard InChI is InChI=1S/C24H30N4O3/c1-30-18-6-4-17(5-7-18)27-11-13-28(14-12-27)24(29)23-21-9-3-16-15-19(31-2)8-10-20(16)22(21)25-26-23/h4-8,10,15,21-23,25-26H,3,9,11-14H2,1-2H3. The van der Waals surface area contributed by atoms with E-state index in [9.17, 15) is 4.79 Å². The van der Waals surface area contributed by atoms with Crippen LogP contribution in [0.15, 0.2) is 42.5 Å². The second-order valence-electron chi connectivity index (χ2n) is 8.52. The van der Waals surface area contributed by atoms with Crippen molar-refractivity contribution in [3.8, 4) is 11.5 Å². The Morgan fingerprint density at radius 1 is 0.935 bits per heavy atom. The Hall–Kier alpha value is -2.77. The topological polar surface area (TPSA) is 66.1 Å². The van der Waals surface area contributed by atoms with E-state index in [1.54, 1.807) is 14.2 Å². The van der Waals surface area contributed by atoms with Crippen molar-refractivity contribution in [2.45, 2.75) is 24.9 Å². The van der Waals surface area contributed by atoms with E-state index in [0.717, 1.165) is 50.5 Å². The molecule has 3 aliphatic rings. The van der Waals surface area contributed by atoms with Gasteiger partial charge >= 0.3 is 0 Å². The van der Waals surface area contributed by atoms with Gasteiger partial charge < -0.3 is 19.3 Å². The fourth-order valence-corrected chi connectivity index (χ4v) is 5.20. The van der Waals surface area contributed by atoms with Crippen molar-refractivity contribution in [3.63, 3.8) is 0 Å². The van der Waals surface area contributed by atoms with Crippen LogP contribution in [0.1, 0.15) is 23.6 Å². The van der Waals surface area contributed by atoms with Crippen LogP contribution in [-0.2, 0) is 11.2 Å². The number of hydrogen-bond acceptors (Lipinski definition) is 6. The number of carbonyl (C=O) groups excluding carboxylic acids is 1. The first-order chi connectivity index (χ1) is 15.2. The smallest absolute Gasteiger partial charge is 0.241 e. The molecule has 0 saturated carbocycles. The lowest BCUT2D eigenvalue weighted by atomic mass is 9.77. The lowest BCUT2D eigenvalue weighted by Gasteiger charge is -2.38. The normalized spacial score (nSPS) is 25.0. The van der Waals surface area contributed by atoms with E-state index in [4.69, 9.17) is 9.47 Å². The lowest BCUT2D eigenvalue weighted by molar-refractivity contribution is -0.134. The molecule has 7 heteroatoms. The second kappa shape index (κ2) is 8.40. The number of nitrogens with one attached hydrogen (secondary N) is 2. The molecule has 3 atom stereocenters. The van der Waals surface area contributed by atoms with Crippen LogP contribution in [0, 0.1) is 5.92 Å². The summed E-state index contributed by atoms with van der Waals surface area (Å²) < 4.78 is 10.6. The third-order valence-corrected chi connectivity index (χ3v) is 6.98. The Balaban J connectivity index is 1.22. The third-order valence-electron chi connectivity index (χ3n) is 6.98. The molecule has 7 nitrogen and oxygen atoms in total. The average Bonchev–Trinajstić information content (AvgIpc) is 3.28. The molecule has 1 aliphatic carbocycles. The van der Waals surface area contributed by atoms with Gasteiger partial charge in [0.15, 0.2) is 0 Å². The van der Waals surface area contributed by atoms with E-state index >= 15 is 0 Å². The fraction of sp³-hybridized carbons (Fsp3) is 0.458. The molecule has 0 bridgehead atoms. The van der Waals surface area contributed by atoms with Crippen LogP contribution in [-0.4, -0.2) is 57.2 Å². The first kappa shape index (κ1) is 20.2. The van der Waals surface area contributed by atoms with Gasteiger partial charge in [-0.2, -0.15) is 0 Å². The Labute approximate surface area is 183 Å². The zero-order valence-electron chi connectivity index (χ0n) is 18.1. The molecule has 0 aromatic heterocycles. The fourth-order valence-electron chi connectivity index (χ4n) is 5.20. The number of methoxy groups -OCH3 is 2. The second-order valence-corrected chi connectivity index (χ2v) is 8.52. The molecule has 2 saturated heterocycles. The summed E-state index contributed by atoms with van der Waals surface area (Å²) in [5.74, 6) is 2.24. The summed E-state index contributed by atoms with van der Waals surface area (Å²) in [6.07, 6.45) is 1.97. The number of hydrazine groups is 1. The summed E-state index contributed by atoms with van der Waals surface area (Å²) >= 11 is 0. The highest BCUT2D eigenvalue weighted by atomic mass is 16.5. The van der Waals surface area contributed by atoms with Gasteiger partial charge in [-0.15, -0.1) is 0 Å². The number of aryl methyl sites for hydroxylation is 1. The van der Waals surface area contributed by atoms with Crippen LogP contribution < -0.4 is 25.2 Å². The van der Waals surface area contributed by atoms with Crippen LogP contribution in [0.4, 0.5) is 5.69 Å². The van der Waals surface area contributed by atoms with Gasteiger partial charge in [0.05, 0.1) is 20.3 Å². The molecule has 31 heavy (non-hydrogen) atoms. The average molecular weight is 423 g/mol. The maximum atomic E-state index is 13.4. The first-order valence-electron chi connectivity index (χ1n) is 11.0. The highest BCUT2D eigenvalue weighted by Crippen LogP contribution is 2.40. The quantitative estimate of drug-likeness (QED) is 0.787. The molecule has 3 unspecified atom stereocenters. The van der Waals surface area contributed by atoms with Crippen LogP contribution in [0.5, 0.6) is 11.5 Å². The number of rotatable bonds is 4. The van der Waals surface area contributed by atoms with Crippen LogP contribution in [0.25, 0.3) is 0 Å². The monoisotopic (exact) mass is 422 g/mol. The number of ether oxygens (including phenoxy) is 2. The van der Waals surface area contributed by atoms with Crippen molar-refractivity contribution in [1.82, 2.24) is 15.8 Å². The van der Waals surface area contributed by atoms with E-state index in [1.807, 2.05) is 23.1 Å². The summed E-state index contributed by atoms with van der Waals surface area (Å²) in [6, 6.07) is 14.4. The molecule has 1 amide bonds. The van der Waals surface area contributed by atoms with Crippen molar-refractivity contribution in [3.05, 3.63) is 53.6 Å². The lowest BCUT2D eigenvalue weighted by Crippen LogP contribution is -2.55. The number of benzene rings is 2. The van der Waals surface area contributed by atoms with Crippen molar-refractivity contribution in [2.24, 2.45) is 5.92 Å². The van der Waals surface area contributed by atoms with Gasteiger partial charge in [-0.05, 0) is 60.4 Å². The molecule has 164 valence electrons. The molecule has 2 fully saturated rings. The van der Waals surface area contributed by atoms with Gasteiger partial charge in [0.1, 0.15) is 17.5 Å². The Morgan fingerprint density at radius 3 is 2.35 bits per heavy atom. The number of amides is 1. The van der Waals surface area contributed by atoms with E-state index in [1.165, 1.54) is 16.8 Å². The highest BCUT2D eigenvalue weighted by molar-refractivity contribution is 5.83. The van der Waals surface area contributed by atoms with Gasteiger partial charge in [-0.1, -0.05) is 6.07 Å². The number of nitrogens with zero attached hydrogens (tertiary/aromatic N) is 2.